The van der Waals surface area contributed by atoms with Gasteiger partial charge in [0.05, 0.1) is 13.2 Å². The first-order chi connectivity index (χ1) is 8.22. The Morgan fingerprint density at radius 3 is 2.59 bits per heavy atom. The smallest absolute Gasteiger partial charge is 0.225 e. The van der Waals surface area contributed by atoms with Crippen LogP contribution in [0, 0.1) is 0 Å². The van der Waals surface area contributed by atoms with Crippen LogP contribution in [0.1, 0.15) is 12.8 Å². The summed E-state index contributed by atoms with van der Waals surface area (Å²) in [4.78, 5) is 10.4. The normalized spacial score (nSPS) is 17.2. The molecule has 0 atom stereocenters. The Balaban J connectivity index is 2.10. The molecule has 0 bridgehead atoms. The molecule has 2 N–H and O–H groups in total. The molecule has 0 aliphatic carbocycles. The van der Waals surface area contributed by atoms with Crippen LogP contribution in [0.2, 0.25) is 0 Å². The molecule has 0 saturated carbocycles. The van der Waals surface area contributed by atoms with Crippen LogP contribution in [-0.4, -0.2) is 43.4 Å². The van der Waals surface area contributed by atoms with Gasteiger partial charge in [0.25, 0.3) is 0 Å². The number of nitrogens with two attached hydrogens (primary N) is 1. The van der Waals surface area contributed by atoms with Gasteiger partial charge in [0.15, 0.2) is 0 Å². The summed E-state index contributed by atoms with van der Waals surface area (Å²) in [5, 5.41) is 0. The van der Waals surface area contributed by atoms with E-state index in [2.05, 4.69) is 14.9 Å². The minimum Gasteiger partial charge on any atom is -0.481 e. The highest BCUT2D eigenvalue weighted by Gasteiger charge is 2.20. The number of nitrogens with zero attached hydrogens (tertiary/aromatic N) is 3. The molecular weight excluding hydrogens is 220 g/mol. The minimum atomic E-state index is 0.244. The summed E-state index contributed by atoms with van der Waals surface area (Å²) in [6.07, 6.45) is 2.36. The maximum Gasteiger partial charge on any atom is 0.225 e. The van der Waals surface area contributed by atoms with Crippen molar-refractivity contribution in [3.63, 3.8) is 0 Å². The molecule has 0 aromatic carbocycles. The fourth-order valence-corrected chi connectivity index (χ4v) is 2.02. The maximum atomic E-state index is 5.64. The third-order valence-corrected chi connectivity index (χ3v) is 3.01. The topological polar surface area (TPSA) is 73.5 Å². The molecule has 1 fully saturated rings. The lowest BCUT2D eigenvalue weighted by atomic mass is 10.1. The van der Waals surface area contributed by atoms with Gasteiger partial charge in [0.1, 0.15) is 5.82 Å². The van der Waals surface area contributed by atoms with Crippen molar-refractivity contribution < 1.29 is 9.47 Å². The summed E-state index contributed by atoms with van der Waals surface area (Å²) in [5.41, 5.74) is 5.64. The van der Waals surface area contributed by atoms with Crippen LogP contribution < -0.4 is 15.4 Å². The second-order valence-corrected chi connectivity index (χ2v) is 4.05. The average Bonchev–Trinajstić information content (AvgIpc) is 2.38. The number of hydrogen-bond donors (Lipinski definition) is 1. The largest absolute Gasteiger partial charge is 0.481 e. The quantitative estimate of drug-likeness (QED) is 0.835. The highest BCUT2D eigenvalue weighted by atomic mass is 16.5. The zero-order chi connectivity index (χ0) is 12.3. The van der Waals surface area contributed by atoms with Gasteiger partial charge in [-0.3, -0.25) is 0 Å². The molecule has 1 saturated heterocycles. The third-order valence-electron chi connectivity index (χ3n) is 3.01. The molecular formula is C11H18N4O2. The van der Waals surface area contributed by atoms with Crippen molar-refractivity contribution in [1.82, 2.24) is 9.97 Å². The molecule has 6 heteroatoms. The standard InChI is InChI=1S/C11H18N4O2/c1-16-8-3-5-15(6-4-8)9-7-10(17-2)14-11(12)13-9/h7-8H,3-6H2,1-2H3,(H2,12,13,14). The molecule has 2 heterocycles. The predicted molar refractivity (Wildman–Crippen MR) is 65.2 cm³/mol. The monoisotopic (exact) mass is 238 g/mol. The molecule has 0 radical (unpaired) electrons. The fraction of sp³-hybridized carbons (Fsp3) is 0.636. The van der Waals surface area contributed by atoms with E-state index in [9.17, 15) is 0 Å². The molecule has 17 heavy (non-hydrogen) atoms. The van der Waals surface area contributed by atoms with Crippen molar-refractivity contribution in [1.29, 1.82) is 0 Å². The number of anilines is 2. The van der Waals surface area contributed by atoms with Crippen LogP contribution in [0.4, 0.5) is 11.8 Å². The van der Waals surface area contributed by atoms with Gasteiger partial charge in [-0.25, -0.2) is 0 Å². The summed E-state index contributed by atoms with van der Waals surface area (Å²) in [7, 11) is 3.33. The van der Waals surface area contributed by atoms with E-state index in [1.165, 1.54) is 0 Å². The van der Waals surface area contributed by atoms with E-state index in [0.29, 0.717) is 12.0 Å². The molecule has 1 aliphatic heterocycles. The summed E-state index contributed by atoms with van der Waals surface area (Å²) in [6, 6.07) is 1.81. The fourth-order valence-electron chi connectivity index (χ4n) is 2.02. The van der Waals surface area contributed by atoms with Crippen molar-refractivity contribution in [2.24, 2.45) is 0 Å². The molecule has 1 aromatic rings. The number of aromatic nitrogens is 2. The second kappa shape index (κ2) is 5.18. The van der Waals surface area contributed by atoms with Gasteiger partial charge >= 0.3 is 0 Å². The number of rotatable bonds is 3. The lowest BCUT2D eigenvalue weighted by Gasteiger charge is -2.32. The first-order valence-corrected chi connectivity index (χ1v) is 5.69. The number of ether oxygens (including phenoxy) is 2. The van der Waals surface area contributed by atoms with Crippen LogP contribution in [0.5, 0.6) is 5.88 Å². The Morgan fingerprint density at radius 2 is 2.00 bits per heavy atom. The predicted octanol–water partition coefficient (Wildman–Crippen LogP) is 0.683. The SMILES string of the molecule is COc1cc(N2CCC(OC)CC2)nc(N)n1. The van der Waals surface area contributed by atoms with Crippen LogP contribution >= 0.6 is 0 Å². The average molecular weight is 238 g/mol. The summed E-state index contributed by atoms with van der Waals surface area (Å²) in [6.45, 7) is 1.83. The van der Waals surface area contributed by atoms with Crippen molar-refractivity contribution in [3.8, 4) is 5.88 Å². The Hall–Kier alpha value is -1.56. The Bertz CT molecular complexity index is 378. The number of methoxy groups -OCH3 is 2. The highest BCUT2D eigenvalue weighted by molar-refractivity contribution is 5.45. The van der Waals surface area contributed by atoms with Gasteiger partial charge in [-0.15, -0.1) is 0 Å². The van der Waals surface area contributed by atoms with Gasteiger partial charge in [-0.2, -0.15) is 9.97 Å². The van der Waals surface area contributed by atoms with Crippen LogP contribution in [0.15, 0.2) is 6.07 Å². The van der Waals surface area contributed by atoms with E-state index in [-0.39, 0.29) is 5.95 Å². The number of piperidine rings is 1. The molecule has 0 amide bonds. The van der Waals surface area contributed by atoms with Crippen molar-refractivity contribution in [2.45, 2.75) is 18.9 Å². The third kappa shape index (κ3) is 2.76. The molecule has 6 nitrogen and oxygen atoms in total. The first-order valence-electron chi connectivity index (χ1n) is 5.69. The summed E-state index contributed by atoms with van der Waals surface area (Å²) < 4.78 is 10.4. The molecule has 0 unspecified atom stereocenters. The molecule has 2 rings (SSSR count). The van der Waals surface area contributed by atoms with Gasteiger partial charge in [-0.05, 0) is 12.8 Å². The van der Waals surface area contributed by atoms with E-state index < -0.39 is 0 Å². The van der Waals surface area contributed by atoms with Crippen molar-refractivity contribution in [2.75, 3.05) is 37.9 Å². The number of nitrogen functional groups attached to an aromatic ring is 1. The molecule has 1 aliphatic rings. The van der Waals surface area contributed by atoms with Crippen LogP contribution in [0.25, 0.3) is 0 Å². The molecule has 0 spiro atoms. The van der Waals surface area contributed by atoms with Gasteiger partial charge < -0.3 is 20.1 Å². The van der Waals surface area contributed by atoms with E-state index >= 15 is 0 Å². The van der Waals surface area contributed by atoms with E-state index in [4.69, 9.17) is 15.2 Å². The second-order valence-electron chi connectivity index (χ2n) is 4.05. The lowest BCUT2D eigenvalue weighted by Crippen LogP contribution is -2.37. The van der Waals surface area contributed by atoms with Gasteiger partial charge in [0, 0.05) is 26.3 Å². The lowest BCUT2D eigenvalue weighted by molar-refractivity contribution is 0.0818. The Labute approximate surface area is 101 Å². The van der Waals surface area contributed by atoms with Gasteiger partial charge in [0.2, 0.25) is 11.8 Å². The summed E-state index contributed by atoms with van der Waals surface area (Å²) >= 11 is 0. The number of hydrogen-bond acceptors (Lipinski definition) is 6. The van der Waals surface area contributed by atoms with Gasteiger partial charge in [-0.1, -0.05) is 0 Å². The summed E-state index contributed by atoms with van der Waals surface area (Å²) in [5.74, 6) is 1.57. The van der Waals surface area contributed by atoms with E-state index in [1.54, 1.807) is 14.2 Å². The van der Waals surface area contributed by atoms with Crippen molar-refractivity contribution >= 4 is 11.8 Å². The van der Waals surface area contributed by atoms with Crippen LogP contribution in [0.3, 0.4) is 0 Å². The Morgan fingerprint density at radius 1 is 1.29 bits per heavy atom. The maximum absolute atomic E-state index is 5.64. The van der Waals surface area contributed by atoms with E-state index in [0.717, 1.165) is 31.7 Å². The first kappa shape index (κ1) is 11.9. The van der Waals surface area contributed by atoms with Crippen molar-refractivity contribution in [3.05, 3.63) is 6.07 Å². The molecule has 94 valence electrons. The van der Waals surface area contributed by atoms with Crippen LogP contribution in [-0.2, 0) is 4.74 Å². The van der Waals surface area contributed by atoms with E-state index in [1.807, 2.05) is 6.07 Å². The zero-order valence-corrected chi connectivity index (χ0v) is 10.2. The zero-order valence-electron chi connectivity index (χ0n) is 10.2. The minimum absolute atomic E-state index is 0.244. The highest BCUT2D eigenvalue weighted by Crippen LogP contribution is 2.22. The Kier molecular flexibility index (Phi) is 3.63. The molecule has 1 aromatic heterocycles.